The van der Waals surface area contributed by atoms with Gasteiger partial charge in [-0.05, 0) is 5.56 Å². The first-order valence-corrected chi connectivity index (χ1v) is 3.23. The number of hydrogen-bond acceptors (Lipinski definition) is 0. The van der Waals surface area contributed by atoms with Crippen molar-refractivity contribution in [2.24, 2.45) is 0 Å². The lowest BCUT2D eigenvalue weighted by Gasteiger charge is -2.02. The summed E-state index contributed by atoms with van der Waals surface area (Å²) in [4.78, 5) is 0. The van der Waals surface area contributed by atoms with Gasteiger partial charge in [-0.2, -0.15) is 0 Å². The highest BCUT2D eigenvalue weighted by Crippen LogP contribution is 2.10. The zero-order valence-corrected chi connectivity index (χ0v) is 5.75. The molecule has 1 aromatic carbocycles. The van der Waals surface area contributed by atoms with Crippen molar-refractivity contribution in [3.8, 4) is 0 Å². The zero-order valence-electron chi connectivity index (χ0n) is 5.75. The van der Waals surface area contributed by atoms with Gasteiger partial charge >= 0.3 is 0 Å². The van der Waals surface area contributed by atoms with E-state index in [4.69, 9.17) is 5.73 Å². The van der Waals surface area contributed by atoms with E-state index in [-0.39, 0.29) is 6.04 Å². The fourth-order valence-electron chi connectivity index (χ4n) is 0.796. The van der Waals surface area contributed by atoms with Crippen LogP contribution in [0.2, 0.25) is 0 Å². The summed E-state index contributed by atoms with van der Waals surface area (Å²) in [5, 5.41) is 0. The quantitative estimate of drug-likeness (QED) is 0.551. The average molecular weight is 132 g/mol. The van der Waals surface area contributed by atoms with Gasteiger partial charge in [0.2, 0.25) is 0 Å². The molecule has 10 heavy (non-hydrogen) atoms. The van der Waals surface area contributed by atoms with E-state index in [9.17, 15) is 0 Å². The third-order valence-electron chi connectivity index (χ3n) is 1.39. The molecule has 1 nitrogen and oxygen atoms in total. The van der Waals surface area contributed by atoms with Crippen LogP contribution in [0.5, 0.6) is 0 Å². The van der Waals surface area contributed by atoms with Crippen molar-refractivity contribution in [3.63, 3.8) is 0 Å². The minimum atomic E-state index is -0.277. The summed E-state index contributed by atoms with van der Waals surface area (Å²) in [7, 11) is 0. The molecule has 1 aromatic rings. The van der Waals surface area contributed by atoms with Crippen LogP contribution in [-0.4, -0.2) is 0 Å². The summed E-state index contributed by atoms with van der Waals surface area (Å²) in [6.45, 7) is 3.55. The summed E-state index contributed by atoms with van der Waals surface area (Å²) in [6.07, 6.45) is 1.62. The fourth-order valence-corrected chi connectivity index (χ4v) is 0.796. The minimum Gasteiger partial charge on any atom is -0.246 e. The number of rotatable bonds is 2. The molecular formula is C9H10N. The molecule has 0 saturated carbocycles. The Morgan fingerprint density at radius 2 is 1.90 bits per heavy atom. The Morgan fingerprint density at radius 1 is 1.30 bits per heavy atom. The standard InChI is InChI=1S/C9H10N/c1-2-9(10)8-6-4-3-5-7-8/h2-7,9-10H,1H2. The van der Waals surface area contributed by atoms with Crippen molar-refractivity contribution in [2.75, 3.05) is 0 Å². The maximum absolute atomic E-state index is 7.44. The molecular weight excluding hydrogens is 122 g/mol. The molecule has 0 aliphatic rings. The fraction of sp³-hybridized carbons (Fsp3) is 0.111. The van der Waals surface area contributed by atoms with Crippen molar-refractivity contribution in [2.45, 2.75) is 6.04 Å². The van der Waals surface area contributed by atoms with Gasteiger partial charge in [0.05, 0.1) is 6.04 Å². The molecule has 0 aromatic heterocycles. The molecule has 1 radical (unpaired) electrons. The van der Waals surface area contributed by atoms with Gasteiger partial charge in [0.25, 0.3) is 0 Å². The van der Waals surface area contributed by atoms with E-state index in [0.717, 1.165) is 5.56 Å². The molecule has 0 fully saturated rings. The number of hydrogen-bond donors (Lipinski definition) is 0. The minimum absolute atomic E-state index is 0.277. The molecule has 0 bridgehead atoms. The Hall–Kier alpha value is -1.08. The first-order valence-electron chi connectivity index (χ1n) is 3.23. The Morgan fingerprint density at radius 3 is 2.40 bits per heavy atom. The second kappa shape index (κ2) is 3.18. The van der Waals surface area contributed by atoms with Gasteiger partial charge in [-0.15, -0.1) is 6.58 Å². The summed E-state index contributed by atoms with van der Waals surface area (Å²) < 4.78 is 0. The molecule has 0 saturated heterocycles. The van der Waals surface area contributed by atoms with Crippen LogP contribution in [-0.2, 0) is 0 Å². The first-order chi connectivity index (χ1) is 4.84. The predicted molar refractivity (Wildman–Crippen MR) is 42.5 cm³/mol. The maximum atomic E-state index is 7.44. The summed E-state index contributed by atoms with van der Waals surface area (Å²) >= 11 is 0. The van der Waals surface area contributed by atoms with Gasteiger partial charge in [-0.1, -0.05) is 36.4 Å². The normalized spacial score (nSPS) is 12.5. The molecule has 0 amide bonds. The van der Waals surface area contributed by atoms with E-state index in [1.165, 1.54) is 0 Å². The van der Waals surface area contributed by atoms with Crippen molar-refractivity contribution < 1.29 is 0 Å². The van der Waals surface area contributed by atoms with Gasteiger partial charge in [0.1, 0.15) is 0 Å². The highest BCUT2D eigenvalue weighted by atomic mass is 14.6. The van der Waals surface area contributed by atoms with E-state index >= 15 is 0 Å². The monoisotopic (exact) mass is 132 g/mol. The molecule has 1 unspecified atom stereocenters. The highest BCUT2D eigenvalue weighted by molar-refractivity contribution is 5.21. The van der Waals surface area contributed by atoms with Crippen LogP contribution in [0.4, 0.5) is 0 Å². The van der Waals surface area contributed by atoms with E-state index in [1.807, 2.05) is 30.3 Å². The Kier molecular flexibility index (Phi) is 2.24. The van der Waals surface area contributed by atoms with Crippen molar-refractivity contribution in [1.29, 1.82) is 0 Å². The van der Waals surface area contributed by atoms with Crippen LogP contribution in [0.3, 0.4) is 0 Å². The second-order valence-electron chi connectivity index (χ2n) is 2.12. The smallest absolute Gasteiger partial charge is 0.0640 e. The SMILES string of the molecule is C=CC([NH])c1ccccc1. The first kappa shape index (κ1) is 7.03. The molecule has 51 valence electrons. The highest BCUT2D eigenvalue weighted by Gasteiger charge is 1.97. The van der Waals surface area contributed by atoms with E-state index in [0.29, 0.717) is 0 Å². The van der Waals surface area contributed by atoms with E-state index in [2.05, 4.69) is 6.58 Å². The average Bonchev–Trinajstić information content (AvgIpc) is 2.05. The van der Waals surface area contributed by atoms with E-state index in [1.54, 1.807) is 6.08 Å². The van der Waals surface area contributed by atoms with E-state index < -0.39 is 0 Å². The van der Waals surface area contributed by atoms with Gasteiger partial charge < -0.3 is 0 Å². The zero-order chi connectivity index (χ0) is 7.40. The summed E-state index contributed by atoms with van der Waals surface area (Å²) in [5.41, 5.74) is 8.44. The molecule has 1 N–H and O–H groups in total. The number of nitrogens with one attached hydrogen (secondary N) is 1. The van der Waals surface area contributed by atoms with Crippen molar-refractivity contribution in [1.82, 2.24) is 5.73 Å². The molecule has 0 spiro atoms. The molecule has 1 heteroatoms. The van der Waals surface area contributed by atoms with Crippen LogP contribution >= 0.6 is 0 Å². The predicted octanol–water partition coefficient (Wildman–Crippen LogP) is 2.20. The summed E-state index contributed by atoms with van der Waals surface area (Å²) in [6, 6.07) is 9.39. The molecule has 1 atom stereocenters. The van der Waals surface area contributed by atoms with Gasteiger partial charge in [0.15, 0.2) is 0 Å². The summed E-state index contributed by atoms with van der Waals surface area (Å²) in [5.74, 6) is 0. The lowest BCUT2D eigenvalue weighted by Crippen LogP contribution is -1.92. The van der Waals surface area contributed by atoms with Gasteiger partial charge in [-0.3, -0.25) is 0 Å². The Bertz CT molecular complexity index is 203. The van der Waals surface area contributed by atoms with Gasteiger partial charge in [0, 0.05) is 0 Å². The van der Waals surface area contributed by atoms with Crippen LogP contribution in [0.1, 0.15) is 11.6 Å². The number of benzene rings is 1. The second-order valence-corrected chi connectivity index (χ2v) is 2.12. The topological polar surface area (TPSA) is 23.8 Å². The van der Waals surface area contributed by atoms with Crippen LogP contribution < -0.4 is 5.73 Å². The lowest BCUT2D eigenvalue weighted by atomic mass is 10.1. The molecule has 0 heterocycles. The molecule has 0 aliphatic carbocycles. The third-order valence-corrected chi connectivity index (χ3v) is 1.39. The van der Waals surface area contributed by atoms with Crippen molar-refractivity contribution >= 4 is 0 Å². The largest absolute Gasteiger partial charge is 0.246 e. The van der Waals surface area contributed by atoms with Crippen LogP contribution in [0, 0.1) is 0 Å². The maximum Gasteiger partial charge on any atom is 0.0640 e. The lowest BCUT2D eigenvalue weighted by molar-refractivity contribution is 0.879. The molecule has 1 rings (SSSR count). The molecule has 0 aliphatic heterocycles. The van der Waals surface area contributed by atoms with Crippen molar-refractivity contribution in [3.05, 3.63) is 48.6 Å². The van der Waals surface area contributed by atoms with Crippen LogP contribution in [0.25, 0.3) is 0 Å². The van der Waals surface area contributed by atoms with Crippen LogP contribution in [0.15, 0.2) is 43.0 Å². The van der Waals surface area contributed by atoms with Gasteiger partial charge in [-0.25, -0.2) is 5.73 Å². The Labute approximate surface area is 61.2 Å². The third kappa shape index (κ3) is 1.45. The Balaban J connectivity index is 2.84.